The number of hydrogen-bond donors (Lipinski definition) is 2. The van der Waals surface area contributed by atoms with Crippen LogP contribution in [0.25, 0.3) is 0 Å². The number of piperidine rings is 1. The van der Waals surface area contributed by atoms with Gasteiger partial charge in [0.15, 0.2) is 0 Å². The molecule has 0 spiro atoms. The van der Waals surface area contributed by atoms with E-state index in [1.165, 1.54) is 18.4 Å². The summed E-state index contributed by atoms with van der Waals surface area (Å²) in [6.07, 6.45) is 1.58. The molecular weight excluding hydrogens is 254 g/mol. The fourth-order valence-electron chi connectivity index (χ4n) is 1.90. The molecule has 0 saturated carbocycles. The average Bonchev–Trinajstić information content (AvgIpc) is 2.29. The van der Waals surface area contributed by atoms with E-state index in [9.17, 15) is 13.2 Å². The highest BCUT2D eigenvalue weighted by molar-refractivity contribution is 7.89. The molecule has 0 aliphatic carbocycles. The van der Waals surface area contributed by atoms with Crippen LogP contribution in [0.4, 0.5) is 0 Å². The van der Waals surface area contributed by atoms with E-state index in [0.717, 1.165) is 25.9 Å². The van der Waals surface area contributed by atoms with Gasteiger partial charge in [0.2, 0.25) is 15.9 Å². The van der Waals surface area contributed by atoms with Crippen LogP contribution in [-0.2, 0) is 14.8 Å². The first-order valence-corrected chi connectivity index (χ1v) is 7.78. The quantitative estimate of drug-likeness (QED) is 0.702. The van der Waals surface area contributed by atoms with Gasteiger partial charge in [-0.25, -0.2) is 12.7 Å². The van der Waals surface area contributed by atoms with Gasteiger partial charge in [-0.1, -0.05) is 6.92 Å². The molecule has 0 aromatic rings. The van der Waals surface area contributed by atoms with Gasteiger partial charge in [-0.15, -0.1) is 0 Å². The smallest absolute Gasteiger partial charge is 0.226 e. The number of carbonyl (C=O) groups excluding carboxylic acids is 1. The Bertz CT molecular complexity index is 386. The van der Waals surface area contributed by atoms with Gasteiger partial charge in [-0.05, 0) is 25.9 Å². The summed E-state index contributed by atoms with van der Waals surface area (Å²) in [4.78, 5) is 12.0. The predicted octanol–water partition coefficient (Wildman–Crippen LogP) is -0.616. The van der Waals surface area contributed by atoms with E-state index in [1.807, 2.05) is 6.92 Å². The lowest BCUT2D eigenvalue weighted by Gasteiger charge is -2.32. The van der Waals surface area contributed by atoms with Crippen molar-refractivity contribution in [2.45, 2.75) is 19.8 Å². The topological polar surface area (TPSA) is 78.5 Å². The van der Waals surface area contributed by atoms with E-state index in [1.54, 1.807) is 0 Å². The zero-order chi connectivity index (χ0) is 13.8. The minimum Gasteiger partial charge on any atom is -0.355 e. The lowest BCUT2D eigenvalue weighted by Crippen LogP contribution is -2.47. The second-order valence-corrected chi connectivity index (χ2v) is 7.47. The number of nitrogens with one attached hydrogen (secondary N) is 2. The van der Waals surface area contributed by atoms with Crippen molar-refractivity contribution >= 4 is 15.9 Å². The van der Waals surface area contributed by atoms with Crippen molar-refractivity contribution in [1.29, 1.82) is 0 Å². The third kappa shape index (κ3) is 3.93. The maximum Gasteiger partial charge on any atom is 0.226 e. The molecule has 1 aliphatic rings. The highest BCUT2D eigenvalue weighted by atomic mass is 32.2. The number of rotatable bonds is 5. The summed E-state index contributed by atoms with van der Waals surface area (Å²) in [6.45, 7) is 3.77. The fourth-order valence-corrected chi connectivity index (χ4v) is 2.62. The van der Waals surface area contributed by atoms with E-state index >= 15 is 0 Å². The van der Waals surface area contributed by atoms with Crippen molar-refractivity contribution in [3.8, 4) is 0 Å². The van der Waals surface area contributed by atoms with E-state index < -0.39 is 10.0 Å². The van der Waals surface area contributed by atoms with Crippen LogP contribution >= 0.6 is 0 Å². The van der Waals surface area contributed by atoms with E-state index in [0.29, 0.717) is 0 Å². The number of amides is 1. The third-order valence-electron chi connectivity index (χ3n) is 3.46. The third-order valence-corrected chi connectivity index (χ3v) is 5.29. The number of hydrogen-bond acceptors (Lipinski definition) is 4. The lowest BCUT2D eigenvalue weighted by molar-refractivity contribution is -0.131. The molecule has 1 amide bonds. The minimum atomic E-state index is -3.24. The SMILES string of the molecule is CN(C)S(=O)(=O)CCNC(=O)C1(C)CCNCC1. The molecule has 0 aromatic carbocycles. The van der Waals surface area contributed by atoms with Crippen LogP contribution in [-0.4, -0.2) is 58.1 Å². The van der Waals surface area contributed by atoms with E-state index in [2.05, 4.69) is 10.6 Å². The first-order chi connectivity index (χ1) is 8.28. The Morgan fingerprint density at radius 2 is 1.89 bits per heavy atom. The van der Waals surface area contributed by atoms with Crippen molar-refractivity contribution in [3.63, 3.8) is 0 Å². The summed E-state index contributed by atoms with van der Waals surface area (Å²) in [5.41, 5.74) is -0.368. The Morgan fingerprint density at radius 3 is 2.39 bits per heavy atom. The number of carbonyl (C=O) groups is 1. The van der Waals surface area contributed by atoms with Crippen LogP contribution in [0.15, 0.2) is 0 Å². The minimum absolute atomic E-state index is 0.0436. The Balaban J connectivity index is 2.42. The van der Waals surface area contributed by atoms with Crippen molar-refractivity contribution in [3.05, 3.63) is 0 Å². The largest absolute Gasteiger partial charge is 0.355 e. The Hall–Kier alpha value is -0.660. The molecule has 1 saturated heterocycles. The van der Waals surface area contributed by atoms with Gasteiger partial charge in [0, 0.05) is 26.1 Å². The summed E-state index contributed by atoms with van der Waals surface area (Å²) in [7, 11) is -0.255. The van der Waals surface area contributed by atoms with Crippen molar-refractivity contribution in [2.24, 2.45) is 5.41 Å². The number of sulfonamides is 1. The molecule has 1 heterocycles. The summed E-state index contributed by atoms with van der Waals surface area (Å²) in [5, 5.41) is 5.94. The summed E-state index contributed by atoms with van der Waals surface area (Å²) in [6, 6.07) is 0. The van der Waals surface area contributed by atoms with Gasteiger partial charge < -0.3 is 10.6 Å². The van der Waals surface area contributed by atoms with Crippen molar-refractivity contribution < 1.29 is 13.2 Å². The summed E-state index contributed by atoms with van der Waals surface area (Å²) < 4.78 is 24.2. The van der Waals surface area contributed by atoms with Gasteiger partial charge in [0.25, 0.3) is 0 Å². The molecule has 106 valence electrons. The van der Waals surface area contributed by atoms with Crippen LogP contribution in [0.2, 0.25) is 0 Å². The van der Waals surface area contributed by atoms with Crippen LogP contribution in [0.1, 0.15) is 19.8 Å². The standard InChI is InChI=1S/C11H23N3O3S/c1-11(4-6-12-7-5-11)10(15)13-8-9-18(16,17)14(2)3/h12H,4-9H2,1-3H3,(H,13,15). The predicted molar refractivity (Wildman–Crippen MR) is 70.7 cm³/mol. The maximum absolute atomic E-state index is 12.0. The first-order valence-electron chi connectivity index (χ1n) is 6.17. The highest BCUT2D eigenvalue weighted by Gasteiger charge is 2.34. The summed E-state index contributed by atoms with van der Waals surface area (Å²) in [5.74, 6) is -0.0990. The van der Waals surface area contributed by atoms with Crippen LogP contribution in [0.5, 0.6) is 0 Å². The van der Waals surface area contributed by atoms with Gasteiger partial charge in [0.1, 0.15) is 0 Å². The molecule has 0 bridgehead atoms. The summed E-state index contributed by atoms with van der Waals surface area (Å²) >= 11 is 0. The van der Waals surface area contributed by atoms with Gasteiger partial charge in [0.05, 0.1) is 5.75 Å². The molecule has 1 fully saturated rings. The molecule has 2 N–H and O–H groups in total. The zero-order valence-corrected chi connectivity index (χ0v) is 12.1. The molecule has 0 atom stereocenters. The molecule has 18 heavy (non-hydrogen) atoms. The molecule has 0 unspecified atom stereocenters. The molecule has 7 heteroatoms. The molecule has 0 radical (unpaired) electrons. The Labute approximate surface area is 109 Å². The van der Waals surface area contributed by atoms with Crippen LogP contribution < -0.4 is 10.6 Å². The number of nitrogens with zero attached hydrogens (tertiary/aromatic N) is 1. The van der Waals surface area contributed by atoms with Crippen molar-refractivity contribution in [1.82, 2.24) is 14.9 Å². The van der Waals surface area contributed by atoms with Crippen LogP contribution in [0.3, 0.4) is 0 Å². The lowest BCUT2D eigenvalue weighted by atomic mass is 9.80. The second kappa shape index (κ2) is 5.99. The molecule has 1 rings (SSSR count). The average molecular weight is 277 g/mol. The zero-order valence-electron chi connectivity index (χ0n) is 11.3. The van der Waals surface area contributed by atoms with E-state index in [-0.39, 0.29) is 23.6 Å². The molecule has 6 nitrogen and oxygen atoms in total. The molecular formula is C11H23N3O3S. The van der Waals surface area contributed by atoms with E-state index in [4.69, 9.17) is 0 Å². The van der Waals surface area contributed by atoms with Crippen molar-refractivity contribution in [2.75, 3.05) is 39.5 Å². The van der Waals surface area contributed by atoms with Gasteiger partial charge >= 0.3 is 0 Å². The maximum atomic E-state index is 12.0. The van der Waals surface area contributed by atoms with Gasteiger partial charge in [-0.3, -0.25) is 4.79 Å². The Morgan fingerprint density at radius 1 is 1.33 bits per heavy atom. The molecule has 0 aromatic heterocycles. The van der Waals surface area contributed by atoms with Gasteiger partial charge in [-0.2, -0.15) is 0 Å². The molecule has 1 aliphatic heterocycles. The Kier molecular flexibility index (Phi) is 5.12. The first kappa shape index (κ1) is 15.4. The normalized spacial score (nSPS) is 19.8. The fraction of sp³-hybridized carbons (Fsp3) is 0.909. The monoisotopic (exact) mass is 277 g/mol. The van der Waals surface area contributed by atoms with Crippen LogP contribution in [0, 0.1) is 5.41 Å². The highest BCUT2D eigenvalue weighted by Crippen LogP contribution is 2.27. The second-order valence-electron chi connectivity index (χ2n) is 5.16.